The number of anilines is 1. The van der Waals surface area contributed by atoms with Crippen LogP contribution in [0.25, 0.3) is 0 Å². The molecule has 0 saturated carbocycles. The number of benzene rings is 1. The van der Waals surface area contributed by atoms with Crippen LogP contribution in [0.2, 0.25) is 0 Å². The van der Waals surface area contributed by atoms with E-state index in [4.69, 9.17) is 0 Å². The maximum absolute atomic E-state index is 12.5. The van der Waals surface area contributed by atoms with Crippen LogP contribution in [0.5, 0.6) is 0 Å². The average Bonchev–Trinajstić information content (AvgIpc) is 2.51. The van der Waals surface area contributed by atoms with Crippen LogP contribution < -0.4 is 10.6 Å². The zero-order chi connectivity index (χ0) is 16.0. The second-order valence-electron chi connectivity index (χ2n) is 5.03. The van der Waals surface area contributed by atoms with Gasteiger partial charge in [-0.15, -0.1) is 0 Å². The van der Waals surface area contributed by atoms with E-state index in [1.54, 1.807) is 13.1 Å². The summed E-state index contributed by atoms with van der Waals surface area (Å²) >= 11 is 0. The summed E-state index contributed by atoms with van der Waals surface area (Å²) in [6.07, 6.45) is 2.35. The SMILES string of the molecule is CCC(CC)(CC)NC(=O)c1cc(NC)ccc1[N+](=O)[O-]. The summed E-state index contributed by atoms with van der Waals surface area (Å²) in [5.41, 5.74) is 0.261. The molecule has 0 aromatic heterocycles. The minimum atomic E-state index is -0.528. The van der Waals surface area contributed by atoms with Crippen LogP contribution in [0, 0.1) is 10.1 Å². The molecule has 21 heavy (non-hydrogen) atoms. The van der Waals surface area contributed by atoms with E-state index in [-0.39, 0.29) is 16.8 Å². The van der Waals surface area contributed by atoms with Crippen LogP contribution in [-0.4, -0.2) is 23.4 Å². The summed E-state index contributed by atoms with van der Waals surface area (Å²) in [6.45, 7) is 6.02. The molecule has 1 amide bonds. The van der Waals surface area contributed by atoms with E-state index in [1.165, 1.54) is 12.1 Å². The van der Waals surface area contributed by atoms with E-state index in [0.717, 1.165) is 19.3 Å². The Hall–Kier alpha value is -2.11. The van der Waals surface area contributed by atoms with Crippen molar-refractivity contribution in [3.63, 3.8) is 0 Å². The third-order valence-corrected chi connectivity index (χ3v) is 4.14. The predicted octanol–water partition coefficient (Wildman–Crippen LogP) is 3.34. The predicted molar refractivity (Wildman–Crippen MR) is 83.7 cm³/mol. The minimum absolute atomic E-state index is 0.0894. The fraction of sp³-hybridized carbons (Fsp3) is 0.533. The van der Waals surface area contributed by atoms with Crippen molar-refractivity contribution in [2.45, 2.75) is 45.6 Å². The van der Waals surface area contributed by atoms with Crippen molar-refractivity contribution >= 4 is 17.3 Å². The van der Waals surface area contributed by atoms with Crippen molar-refractivity contribution in [3.05, 3.63) is 33.9 Å². The molecular formula is C15H23N3O3. The van der Waals surface area contributed by atoms with Gasteiger partial charge in [-0.05, 0) is 31.4 Å². The highest BCUT2D eigenvalue weighted by molar-refractivity contribution is 5.99. The summed E-state index contributed by atoms with van der Waals surface area (Å²) in [5, 5.41) is 17.0. The summed E-state index contributed by atoms with van der Waals surface area (Å²) < 4.78 is 0. The Bertz CT molecular complexity index is 517. The van der Waals surface area contributed by atoms with Gasteiger partial charge in [0.05, 0.1) is 4.92 Å². The standard InChI is InChI=1S/C15H23N3O3/c1-5-15(6-2,7-3)17-14(19)12-10-11(16-4)8-9-13(12)18(20)21/h8-10,16H,5-7H2,1-4H3,(H,17,19). The van der Waals surface area contributed by atoms with Gasteiger partial charge in [0.2, 0.25) is 0 Å². The van der Waals surface area contributed by atoms with E-state index in [2.05, 4.69) is 10.6 Å². The maximum atomic E-state index is 12.5. The Kier molecular flexibility index (Phi) is 5.69. The van der Waals surface area contributed by atoms with E-state index in [0.29, 0.717) is 5.69 Å². The minimum Gasteiger partial charge on any atom is -0.388 e. The molecule has 1 rings (SSSR count). The smallest absolute Gasteiger partial charge is 0.282 e. The summed E-state index contributed by atoms with van der Waals surface area (Å²) in [4.78, 5) is 23.1. The summed E-state index contributed by atoms with van der Waals surface area (Å²) in [6, 6.07) is 4.45. The number of rotatable bonds is 7. The van der Waals surface area contributed by atoms with E-state index < -0.39 is 10.8 Å². The molecule has 0 aliphatic rings. The lowest BCUT2D eigenvalue weighted by Crippen LogP contribution is -2.47. The van der Waals surface area contributed by atoms with Gasteiger partial charge in [-0.25, -0.2) is 0 Å². The molecule has 6 nitrogen and oxygen atoms in total. The fourth-order valence-electron chi connectivity index (χ4n) is 2.36. The van der Waals surface area contributed by atoms with Crippen LogP contribution in [0.1, 0.15) is 50.4 Å². The molecule has 0 aliphatic heterocycles. The highest BCUT2D eigenvalue weighted by Gasteiger charge is 2.29. The molecule has 0 atom stereocenters. The molecule has 6 heteroatoms. The first-order valence-corrected chi connectivity index (χ1v) is 7.21. The van der Waals surface area contributed by atoms with Gasteiger partial charge in [0.1, 0.15) is 5.56 Å². The zero-order valence-electron chi connectivity index (χ0n) is 13.0. The Morgan fingerprint density at radius 3 is 2.24 bits per heavy atom. The Morgan fingerprint density at radius 1 is 1.24 bits per heavy atom. The van der Waals surface area contributed by atoms with Crippen LogP contribution in [0.4, 0.5) is 11.4 Å². The number of carbonyl (C=O) groups is 1. The van der Waals surface area contributed by atoms with Crippen molar-refractivity contribution in [2.75, 3.05) is 12.4 Å². The molecule has 1 aromatic carbocycles. The largest absolute Gasteiger partial charge is 0.388 e. The first kappa shape index (κ1) is 16.9. The third-order valence-electron chi connectivity index (χ3n) is 4.14. The number of carbonyl (C=O) groups excluding carboxylic acids is 1. The van der Waals surface area contributed by atoms with Gasteiger partial charge in [0.25, 0.3) is 11.6 Å². The molecule has 1 aromatic rings. The van der Waals surface area contributed by atoms with Gasteiger partial charge in [-0.3, -0.25) is 14.9 Å². The molecule has 0 heterocycles. The van der Waals surface area contributed by atoms with Gasteiger partial charge in [-0.1, -0.05) is 20.8 Å². The lowest BCUT2D eigenvalue weighted by atomic mass is 9.89. The average molecular weight is 293 g/mol. The number of amides is 1. The van der Waals surface area contributed by atoms with Crippen molar-refractivity contribution in [1.29, 1.82) is 0 Å². The molecule has 0 spiro atoms. The van der Waals surface area contributed by atoms with Gasteiger partial charge < -0.3 is 10.6 Å². The van der Waals surface area contributed by atoms with Gasteiger partial charge in [0, 0.05) is 24.3 Å². The number of nitrogens with zero attached hydrogens (tertiary/aromatic N) is 1. The second kappa shape index (κ2) is 7.06. The molecule has 0 radical (unpaired) electrons. The molecular weight excluding hydrogens is 270 g/mol. The fourth-order valence-corrected chi connectivity index (χ4v) is 2.36. The highest BCUT2D eigenvalue weighted by Crippen LogP contribution is 2.25. The lowest BCUT2D eigenvalue weighted by Gasteiger charge is -2.31. The first-order chi connectivity index (χ1) is 9.92. The Labute approximate surface area is 125 Å². The first-order valence-electron chi connectivity index (χ1n) is 7.21. The van der Waals surface area contributed by atoms with Crippen molar-refractivity contribution in [2.24, 2.45) is 0 Å². The molecule has 2 N–H and O–H groups in total. The molecule has 0 aliphatic carbocycles. The molecule has 0 saturated heterocycles. The van der Waals surface area contributed by atoms with Crippen LogP contribution in [0.3, 0.4) is 0 Å². The number of hydrogen-bond acceptors (Lipinski definition) is 4. The van der Waals surface area contributed by atoms with E-state index >= 15 is 0 Å². The topological polar surface area (TPSA) is 84.3 Å². The normalized spacial score (nSPS) is 11.0. The Balaban J connectivity index is 3.19. The van der Waals surface area contributed by atoms with E-state index in [1.807, 2.05) is 20.8 Å². The third kappa shape index (κ3) is 3.71. The molecule has 0 unspecified atom stereocenters. The maximum Gasteiger partial charge on any atom is 0.282 e. The van der Waals surface area contributed by atoms with Crippen LogP contribution >= 0.6 is 0 Å². The van der Waals surface area contributed by atoms with Gasteiger partial charge in [-0.2, -0.15) is 0 Å². The van der Waals surface area contributed by atoms with Crippen LogP contribution in [-0.2, 0) is 0 Å². The number of hydrogen-bond donors (Lipinski definition) is 2. The monoisotopic (exact) mass is 293 g/mol. The van der Waals surface area contributed by atoms with Crippen molar-refractivity contribution in [1.82, 2.24) is 5.32 Å². The number of nitro benzene ring substituents is 1. The molecule has 0 bridgehead atoms. The number of nitro groups is 1. The zero-order valence-corrected chi connectivity index (χ0v) is 13.0. The number of nitrogens with one attached hydrogen (secondary N) is 2. The second-order valence-corrected chi connectivity index (χ2v) is 5.03. The van der Waals surface area contributed by atoms with Gasteiger partial charge in [0.15, 0.2) is 0 Å². The Morgan fingerprint density at radius 2 is 1.81 bits per heavy atom. The molecule has 0 fully saturated rings. The highest BCUT2D eigenvalue weighted by atomic mass is 16.6. The van der Waals surface area contributed by atoms with Crippen molar-refractivity contribution in [3.8, 4) is 0 Å². The quantitative estimate of drug-likeness (QED) is 0.596. The molecule has 116 valence electrons. The van der Waals surface area contributed by atoms with Crippen molar-refractivity contribution < 1.29 is 9.72 Å². The van der Waals surface area contributed by atoms with Gasteiger partial charge >= 0.3 is 0 Å². The summed E-state index contributed by atoms with van der Waals surface area (Å²) in [5.74, 6) is -0.399. The van der Waals surface area contributed by atoms with Crippen LogP contribution in [0.15, 0.2) is 18.2 Å². The summed E-state index contributed by atoms with van der Waals surface area (Å²) in [7, 11) is 1.71. The lowest BCUT2D eigenvalue weighted by molar-refractivity contribution is -0.385. The van der Waals surface area contributed by atoms with E-state index in [9.17, 15) is 14.9 Å².